The molecule has 2 heterocycles. The standard InChI is InChI=1S/C21H20N2O4/c1-21(2,3)12-9-11-5-4-6-13-17(11)14(10-12)20(27)23(19(13)26)15-7-8-16(24)22-18(15)25/h4-6,9-10,15H,7-8H2,1-3H3,(H,22,24,25). The summed E-state index contributed by atoms with van der Waals surface area (Å²) in [5.41, 5.74) is 1.64. The number of carbonyl (C=O) groups excluding carboxylic acids is 4. The number of hydrogen-bond acceptors (Lipinski definition) is 4. The maximum absolute atomic E-state index is 13.3. The molecule has 1 atom stereocenters. The van der Waals surface area contributed by atoms with E-state index < -0.39 is 23.8 Å². The van der Waals surface area contributed by atoms with Crippen molar-refractivity contribution in [3.63, 3.8) is 0 Å². The molecule has 0 aliphatic carbocycles. The first kappa shape index (κ1) is 17.4. The van der Waals surface area contributed by atoms with Gasteiger partial charge in [0, 0.05) is 22.9 Å². The zero-order valence-electron chi connectivity index (χ0n) is 15.5. The van der Waals surface area contributed by atoms with Gasteiger partial charge in [0.25, 0.3) is 11.8 Å². The molecule has 0 bridgehead atoms. The molecule has 4 rings (SSSR count). The predicted octanol–water partition coefficient (Wildman–Crippen LogP) is 2.54. The normalized spacial score (nSPS) is 20.3. The quantitative estimate of drug-likeness (QED) is 0.788. The summed E-state index contributed by atoms with van der Waals surface area (Å²) in [6.45, 7) is 6.17. The number of hydrogen-bond donors (Lipinski definition) is 1. The van der Waals surface area contributed by atoms with Crippen molar-refractivity contribution in [2.24, 2.45) is 0 Å². The van der Waals surface area contributed by atoms with Gasteiger partial charge < -0.3 is 0 Å². The minimum Gasteiger partial charge on any atom is -0.295 e. The van der Waals surface area contributed by atoms with Crippen LogP contribution in [0.4, 0.5) is 0 Å². The summed E-state index contributed by atoms with van der Waals surface area (Å²) in [5, 5.41) is 3.69. The van der Waals surface area contributed by atoms with Crippen LogP contribution in [0.25, 0.3) is 10.8 Å². The van der Waals surface area contributed by atoms with Gasteiger partial charge in [0.05, 0.1) is 0 Å². The van der Waals surface area contributed by atoms with E-state index in [0.717, 1.165) is 15.8 Å². The Hall–Kier alpha value is -3.02. The highest BCUT2D eigenvalue weighted by molar-refractivity contribution is 6.27. The second-order valence-electron chi connectivity index (χ2n) is 8.12. The van der Waals surface area contributed by atoms with Gasteiger partial charge in [-0.1, -0.05) is 39.0 Å². The van der Waals surface area contributed by atoms with Crippen LogP contribution in [0, 0.1) is 0 Å². The molecule has 1 N–H and O–H groups in total. The highest BCUT2D eigenvalue weighted by Gasteiger charge is 2.42. The summed E-state index contributed by atoms with van der Waals surface area (Å²) in [6.07, 6.45) is 0.249. The maximum atomic E-state index is 13.3. The molecule has 2 aromatic rings. The van der Waals surface area contributed by atoms with Crippen LogP contribution in [-0.2, 0) is 15.0 Å². The first-order chi connectivity index (χ1) is 12.7. The average molecular weight is 364 g/mol. The Bertz CT molecular complexity index is 1030. The third kappa shape index (κ3) is 2.63. The molecule has 138 valence electrons. The lowest BCUT2D eigenvalue weighted by Crippen LogP contribution is -2.57. The van der Waals surface area contributed by atoms with Crippen LogP contribution in [0.1, 0.15) is 59.9 Å². The van der Waals surface area contributed by atoms with E-state index in [-0.39, 0.29) is 24.2 Å². The van der Waals surface area contributed by atoms with Gasteiger partial charge in [0.15, 0.2) is 0 Å². The Morgan fingerprint density at radius 1 is 1.00 bits per heavy atom. The highest BCUT2D eigenvalue weighted by Crippen LogP contribution is 2.36. The molecule has 4 amide bonds. The van der Waals surface area contributed by atoms with Crippen molar-refractivity contribution in [1.29, 1.82) is 0 Å². The molecule has 1 fully saturated rings. The van der Waals surface area contributed by atoms with Crippen molar-refractivity contribution in [3.05, 3.63) is 47.0 Å². The van der Waals surface area contributed by atoms with Crippen molar-refractivity contribution < 1.29 is 19.2 Å². The average Bonchev–Trinajstić information content (AvgIpc) is 2.60. The summed E-state index contributed by atoms with van der Waals surface area (Å²) in [6, 6.07) is 8.20. The molecule has 2 aliphatic heterocycles. The van der Waals surface area contributed by atoms with Crippen LogP contribution < -0.4 is 5.32 Å². The number of carbonyl (C=O) groups is 4. The second-order valence-corrected chi connectivity index (χ2v) is 8.12. The van der Waals surface area contributed by atoms with Crippen molar-refractivity contribution >= 4 is 34.4 Å². The molecule has 1 saturated heterocycles. The molecular formula is C21H20N2O4. The SMILES string of the molecule is CC(C)(C)c1cc2c3c(cccc3c1)C(=O)N(C1CCC(=O)NC1=O)C2=O. The van der Waals surface area contributed by atoms with Gasteiger partial charge in [-0.3, -0.25) is 29.4 Å². The maximum Gasteiger partial charge on any atom is 0.262 e. The summed E-state index contributed by atoms with van der Waals surface area (Å²) < 4.78 is 0. The van der Waals surface area contributed by atoms with Gasteiger partial charge in [0.1, 0.15) is 6.04 Å². The van der Waals surface area contributed by atoms with E-state index in [2.05, 4.69) is 26.1 Å². The van der Waals surface area contributed by atoms with Gasteiger partial charge in [-0.05, 0) is 34.9 Å². The Morgan fingerprint density at radius 3 is 2.37 bits per heavy atom. The topological polar surface area (TPSA) is 83.6 Å². The monoisotopic (exact) mass is 364 g/mol. The number of imide groups is 2. The Labute approximate surface area is 156 Å². The number of piperidine rings is 1. The minimum atomic E-state index is -0.968. The van der Waals surface area contributed by atoms with E-state index in [1.165, 1.54) is 0 Å². The molecule has 2 aliphatic rings. The van der Waals surface area contributed by atoms with Gasteiger partial charge in [-0.25, -0.2) is 0 Å². The van der Waals surface area contributed by atoms with E-state index >= 15 is 0 Å². The van der Waals surface area contributed by atoms with E-state index in [0.29, 0.717) is 16.5 Å². The van der Waals surface area contributed by atoms with Crippen LogP contribution in [0.3, 0.4) is 0 Å². The number of nitrogens with zero attached hydrogens (tertiary/aromatic N) is 1. The largest absolute Gasteiger partial charge is 0.295 e. The predicted molar refractivity (Wildman–Crippen MR) is 99.3 cm³/mol. The molecule has 0 radical (unpaired) electrons. The number of benzene rings is 2. The zero-order chi connectivity index (χ0) is 19.5. The van der Waals surface area contributed by atoms with Crippen LogP contribution in [0.5, 0.6) is 0 Å². The Balaban J connectivity index is 1.91. The van der Waals surface area contributed by atoms with E-state index in [9.17, 15) is 19.2 Å². The fraction of sp³-hybridized carbons (Fsp3) is 0.333. The van der Waals surface area contributed by atoms with Gasteiger partial charge >= 0.3 is 0 Å². The molecule has 0 aromatic heterocycles. The number of nitrogens with one attached hydrogen (secondary N) is 1. The van der Waals surface area contributed by atoms with Crippen LogP contribution >= 0.6 is 0 Å². The van der Waals surface area contributed by atoms with E-state index in [1.54, 1.807) is 12.1 Å². The van der Waals surface area contributed by atoms with Crippen molar-refractivity contribution in [3.8, 4) is 0 Å². The molecule has 0 saturated carbocycles. The molecule has 1 unspecified atom stereocenters. The molecule has 0 spiro atoms. The van der Waals surface area contributed by atoms with Crippen LogP contribution in [0.15, 0.2) is 30.3 Å². The van der Waals surface area contributed by atoms with Gasteiger partial charge in [-0.15, -0.1) is 0 Å². The third-order valence-electron chi connectivity index (χ3n) is 5.26. The van der Waals surface area contributed by atoms with Crippen molar-refractivity contribution in [1.82, 2.24) is 10.2 Å². The summed E-state index contributed by atoms with van der Waals surface area (Å²) in [4.78, 5) is 51.1. The lowest BCUT2D eigenvalue weighted by Gasteiger charge is -2.35. The Kier molecular flexibility index (Phi) is 3.70. The van der Waals surface area contributed by atoms with Crippen LogP contribution in [0.2, 0.25) is 0 Å². The fourth-order valence-corrected chi connectivity index (χ4v) is 3.77. The summed E-state index contributed by atoms with van der Waals surface area (Å²) in [7, 11) is 0. The summed E-state index contributed by atoms with van der Waals surface area (Å²) >= 11 is 0. The third-order valence-corrected chi connectivity index (χ3v) is 5.26. The second kappa shape index (κ2) is 5.74. The lowest BCUT2D eigenvalue weighted by atomic mass is 9.82. The van der Waals surface area contributed by atoms with Crippen molar-refractivity contribution in [2.75, 3.05) is 0 Å². The smallest absolute Gasteiger partial charge is 0.262 e. The molecule has 27 heavy (non-hydrogen) atoms. The van der Waals surface area contributed by atoms with E-state index in [1.807, 2.05) is 18.2 Å². The number of rotatable bonds is 1. The zero-order valence-corrected chi connectivity index (χ0v) is 15.5. The molecule has 2 aromatic carbocycles. The first-order valence-corrected chi connectivity index (χ1v) is 8.97. The number of amides is 4. The first-order valence-electron chi connectivity index (χ1n) is 8.97. The van der Waals surface area contributed by atoms with Crippen molar-refractivity contribution in [2.45, 2.75) is 45.1 Å². The summed E-state index contributed by atoms with van der Waals surface area (Å²) in [5.74, 6) is -1.96. The van der Waals surface area contributed by atoms with Gasteiger partial charge in [0.2, 0.25) is 11.8 Å². The highest BCUT2D eigenvalue weighted by atomic mass is 16.2. The van der Waals surface area contributed by atoms with E-state index in [4.69, 9.17) is 0 Å². The fourth-order valence-electron chi connectivity index (χ4n) is 3.77. The minimum absolute atomic E-state index is 0.104. The molecular weight excluding hydrogens is 344 g/mol. The Morgan fingerprint density at radius 2 is 1.70 bits per heavy atom. The van der Waals surface area contributed by atoms with Gasteiger partial charge in [-0.2, -0.15) is 0 Å². The van der Waals surface area contributed by atoms with Crippen LogP contribution in [-0.4, -0.2) is 34.6 Å². The lowest BCUT2D eigenvalue weighted by molar-refractivity contribution is -0.136. The molecule has 6 heteroatoms. The molecule has 6 nitrogen and oxygen atoms in total.